The van der Waals surface area contributed by atoms with Gasteiger partial charge in [0, 0.05) is 0 Å². The molecule has 0 aliphatic heterocycles. The van der Waals surface area contributed by atoms with Gasteiger partial charge in [-0.05, 0) is 42.8 Å². The number of esters is 1. The van der Waals surface area contributed by atoms with Gasteiger partial charge in [-0.2, -0.15) is 65.9 Å². The third kappa shape index (κ3) is 7.70. The maximum Gasteiger partial charge on any atom is 0.471 e. The maximum atomic E-state index is 14.4. The van der Waals surface area contributed by atoms with E-state index < -0.39 is 76.4 Å². The Morgan fingerprint density at radius 1 is 0.609 bits per heavy atom. The van der Waals surface area contributed by atoms with Crippen molar-refractivity contribution in [3.05, 3.63) is 53.6 Å². The molecule has 0 N–H and O–H groups in total. The number of carbonyl (C=O) groups excluding carboxylic acids is 1. The Bertz CT molecular complexity index is 1330. The van der Waals surface area contributed by atoms with Crippen molar-refractivity contribution >= 4 is 5.97 Å². The molecule has 2 rings (SSSR count). The molecule has 260 valence electrons. The highest BCUT2D eigenvalue weighted by atomic mass is 19.4. The molecule has 0 aromatic heterocycles. The van der Waals surface area contributed by atoms with E-state index >= 15 is 0 Å². The Kier molecular flexibility index (Phi) is 11.8. The van der Waals surface area contributed by atoms with Crippen molar-refractivity contribution in [3.63, 3.8) is 0 Å². The highest BCUT2D eigenvalue weighted by molar-refractivity contribution is 5.91. The molecule has 0 aliphatic carbocycles. The maximum absolute atomic E-state index is 14.4. The number of carbonyl (C=O) groups is 1. The van der Waals surface area contributed by atoms with Gasteiger partial charge < -0.3 is 14.2 Å². The van der Waals surface area contributed by atoms with Crippen LogP contribution in [0.4, 0.5) is 65.9 Å². The second kappa shape index (κ2) is 14.1. The van der Waals surface area contributed by atoms with Crippen LogP contribution >= 0.6 is 0 Å². The van der Waals surface area contributed by atoms with E-state index in [0.29, 0.717) is 18.6 Å². The Labute approximate surface area is 250 Å². The van der Waals surface area contributed by atoms with Crippen LogP contribution in [0.1, 0.15) is 55.8 Å². The van der Waals surface area contributed by atoms with Crippen LogP contribution in [0.5, 0.6) is 17.2 Å². The van der Waals surface area contributed by atoms with Crippen molar-refractivity contribution in [2.24, 2.45) is 0 Å². The normalized spacial score (nSPS) is 13.5. The van der Waals surface area contributed by atoms with Gasteiger partial charge in [0.05, 0.1) is 12.2 Å². The number of rotatable bonds is 16. The minimum absolute atomic E-state index is 0.0428. The van der Waals surface area contributed by atoms with E-state index in [9.17, 15) is 70.7 Å². The minimum Gasteiger partial charge on any atom is -0.490 e. The molecule has 0 saturated carbocycles. The molecule has 0 saturated heterocycles. The molecular formula is C27H23F15O4. The molecule has 0 radical (unpaired) electrons. The van der Waals surface area contributed by atoms with Gasteiger partial charge in [0.25, 0.3) is 0 Å². The van der Waals surface area contributed by atoms with E-state index in [1.807, 2.05) is 6.92 Å². The average molecular weight is 696 g/mol. The first-order chi connectivity index (χ1) is 21.0. The fourth-order valence-corrected chi connectivity index (χ4v) is 3.55. The minimum atomic E-state index is -8.10. The Morgan fingerprint density at radius 2 is 1.09 bits per heavy atom. The van der Waals surface area contributed by atoms with E-state index in [2.05, 4.69) is 9.47 Å². The van der Waals surface area contributed by atoms with Crippen molar-refractivity contribution in [2.45, 2.75) is 81.4 Å². The first-order valence-corrected chi connectivity index (χ1v) is 13.0. The van der Waals surface area contributed by atoms with Crippen LogP contribution in [0.25, 0.3) is 0 Å². The monoisotopic (exact) mass is 696 g/mol. The Morgan fingerprint density at radius 3 is 1.63 bits per heavy atom. The topological polar surface area (TPSA) is 44.8 Å². The third-order valence-corrected chi connectivity index (χ3v) is 6.21. The highest BCUT2D eigenvalue weighted by Gasteiger charge is 2.91. The molecular weight excluding hydrogens is 673 g/mol. The highest BCUT2D eigenvalue weighted by Crippen LogP contribution is 2.60. The summed E-state index contributed by atoms with van der Waals surface area (Å²) < 4.78 is 214. The molecule has 0 aliphatic rings. The molecule has 4 nitrogen and oxygen atoms in total. The van der Waals surface area contributed by atoms with E-state index in [-0.39, 0.29) is 18.7 Å². The average Bonchev–Trinajstić information content (AvgIpc) is 2.95. The number of hydrogen-bond donors (Lipinski definition) is 0. The largest absolute Gasteiger partial charge is 0.490 e. The number of ether oxygens (including phenoxy) is 3. The van der Waals surface area contributed by atoms with E-state index in [4.69, 9.17) is 4.74 Å². The van der Waals surface area contributed by atoms with Crippen molar-refractivity contribution in [1.29, 1.82) is 0 Å². The van der Waals surface area contributed by atoms with Gasteiger partial charge in [0.2, 0.25) is 11.6 Å². The molecule has 2 aromatic rings. The van der Waals surface area contributed by atoms with Gasteiger partial charge in [-0.3, -0.25) is 0 Å². The zero-order valence-corrected chi connectivity index (χ0v) is 23.2. The first kappa shape index (κ1) is 38.6. The van der Waals surface area contributed by atoms with Crippen molar-refractivity contribution < 1.29 is 84.9 Å². The second-order valence-corrected chi connectivity index (χ2v) is 9.63. The lowest BCUT2D eigenvalue weighted by Gasteiger charge is -2.39. The van der Waals surface area contributed by atoms with E-state index in [1.54, 1.807) is 0 Å². The van der Waals surface area contributed by atoms with Crippen LogP contribution in [-0.4, -0.2) is 48.6 Å². The van der Waals surface area contributed by atoms with Crippen LogP contribution in [0, 0.1) is 11.6 Å². The fraction of sp³-hybridized carbons (Fsp3) is 0.519. The molecule has 0 fully saturated rings. The van der Waals surface area contributed by atoms with Gasteiger partial charge in [0.1, 0.15) is 5.75 Å². The Hall–Kier alpha value is -3.54. The molecule has 0 unspecified atom stereocenters. The van der Waals surface area contributed by atoms with Crippen LogP contribution in [-0.2, 0) is 0 Å². The summed E-state index contributed by atoms with van der Waals surface area (Å²) in [7, 11) is 0. The lowest BCUT2D eigenvalue weighted by molar-refractivity contribution is -0.456. The quantitative estimate of drug-likeness (QED) is 0.0759. The zero-order valence-electron chi connectivity index (χ0n) is 23.2. The van der Waals surface area contributed by atoms with Crippen molar-refractivity contribution in [2.75, 3.05) is 6.61 Å². The lowest BCUT2D eigenvalue weighted by atomic mass is 9.97. The number of hydrogen-bond acceptors (Lipinski definition) is 4. The molecule has 19 heteroatoms. The third-order valence-electron chi connectivity index (χ3n) is 6.21. The van der Waals surface area contributed by atoms with Gasteiger partial charge in [0.15, 0.2) is 11.5 Å². The summed E-state index contributed by atoms with van der Waals surface area (Å²) in [5.41, 5.74) is -0.729. The zero-order chi connectivity index (χ0) is 35.4. The van der Waals surface area contributed by atoms with Gasteiger partial charge >= 0.3 is 41.9 Å². The second-order valence-electron chi connectivity index (χ2n) is 9.63. The van der Waals surface area contributed by atoms with Crippen LogP contribution in [0.15, 0.2) is 36.4 Å². The first-order valence-electron chi connectivity index (χ1n) is 13.0. The number of halogens is 15. The molecule has 46 heavy (non-hydrogen) atoms. The SMILES string of the molecule is CCCCCCCCOc1ccc(OC(=O)c2ccc(OC(F)(F)C(F)(F)C(F)(F)C(F)(F)C(F)(F)C(F)(F)F)cc2)c(F)c1F. The van der Waals surface area contributed by atoms with Gasteiger partial charge in [-0.15, -0.1) is 0 Å². The summed E-state index contributed by atoms with van der Waals surface area (Å²) in [4.78, 5) is 12.3. The molecule has 2 aromatic carbocycles. The standard InChI is InChI=1S/C27H23F15O4/c1-2-3-4-5-6-7-14-44-17-12-13-18(20(29)19(17)28)45-21(43)15-8-10-16(11-9-15)46-27(41,42)25(36,37)23(32,33)22(30,31)24(34,35)26(38,39)40/h8-13H,2-7,14H2,1H3. The van der Waals surface area contributed by atoms with Gasteiger partial charge in [-0.1, -0.05) is 39.0 Å². The van der Waals surface area contributed by atoms with Crippen LogP contribution in [0.3, 0.4) is 0 Å². The fourth-order valence-electron chi connectivity index (χ4n) is 3.55. The smallest absolute Gasteiger partial charge is 0.471 e. The van der Waals surface area contributed by atoms with Crippen molar-refractivity contribution in [1.82, 2.24) is 0 Å². The summed E-state index contributed by atoms with van der Waals surface area (Å²) in [6.45, 7) is 2.07. The lowest BCUT2D eigenvalue weighted by Crippen LogP contribution is -2.70. The van der Waals surface area contributed by atoms with E-state index in [0.717, 1.165) is 44.2 Å². The molecule has 0 atom stereocenters. The summed E-state index contributed by atoms with van der Waals surface area (Å²) in [5, 5.41) is 0. The molecule has 0 bridgehead atoms. The van der Waals surface area contributed by atoms with Crippen molar-refractivity contribution in [3.8, 4) is 17.2 Å². The number of alkyl halides is 13. The molecule has 0 heterocycles. The van der Waals surface area contributed by atoms with Crippen LogP contribution < -0.4 is 14.2 Å². The summed E-state index contributed by atoms with van der Waals surface area (Å²) in [6.07, 6.45) is -9.14. The van der Waals surface area contributed by atoms with Crippen LogP contribution in [0.2, 0.25) is 0 Å². The summed E-state index contributed by atoms with van der Waals surface area (Å²) in [5.74, 6) is -39.7. The number of benzene rings is 2. The number of unbranched alkanes of at least 4 members (excludes halogenated alkanes) is 5. The molecule has 0 spiro atoms. The summed E-state index contributed by atoms with van der Waals surface area (Å²) in [6, 6.07) is 2.76. The summed E-state index contributed by atoms with van der Waals surface area (Å²) >= 11 is 0. The Balaban J connectivity index is 2.13. The molecule has 0 amide bonds. The van der Waals surface area contributed by atoms with E-state index in [1.165, 1.54) is 0 Å². The predicted octanol–water partition coefficient (Wildman–Crippen LogP) is 10.00. The predicted molar refractivity (Wildman–Crippen MR) is 128 cm³/mol. The van der Waals surface area contributed by atoms with Gasteiger partial charge in [-0.25, -0.2) is 4.79 Å².